The number of rotatable bonds is 6. The fourth-order valence-corrected chi connectivity index (χ4v) is 1.55. The van der Waals surface area contributed by atoms with Crippen molar-refractivity contribution in [1.82, 2.24) is 0 Å². The molecule has 0 aliphatic heterocycles. The molecule has 3 heteroatoms. The monoisotopic (exact) mass is 238 g/mol. The summed E-state index contributed by atoms with van der Waals surface area (Å²) in [5, 5.41) is 0. The number of ether oxygens (including phenoxy) is 1. The van der Waals surface area contributed by atoms with Gasteiger partial charge >= 0.3 is 0 Å². The van der Waals surface area contributed by atoms with Crippen LogP contribution in [0.15, 0.2) is 18.2 Å². The van der Waals surface area contributed by atoms with Crippen LogP contribution in [-0.4, -0.2) is 12.4 Å². The van der Waals surface area contributed by atoms with Crippen molar-refractivity contribution in [3.63, 3.8) is 0 Å². The van der Waals surface area contributed by atoms with E-state index in [1.54, 1.807) is 6.07 Å². The SMILES string of the molecule is CC(=O)c1ccc(OCCCC(C)C)cc1F. The molecular formula is C14H19FO2. The number of benzene rings is 1. The van der Waals surface area contributed by atoms with Gasteiger partial charge in [0.15, 0.2) is 5.78 Å². The van der Waals surface area contributed by atoms with Crippen LogP contribution in [0.3, 0.4) is 0 Å². The van der Waals surface area contributed by atoms with Crippen LogP contribution in [0.4, 0.5) is 4.39 Å². The minimum absolute atomic E-state index is 0.111. The van der Waals surface area contributed by atoms with Crippen LogP contribution in [0.1, 0.15) is 44.0 Å². The van der Waals surface area contributed by atoms with Crippen LogP contribution in [-0.2, 0) is 0 Å². The Hall–Kier alpha value is -1.38. The van der Waals surface area contributed by atoms with Crippen molar-refractivity contribution >= 4 is 5.78 Å². The zero-order valence-corrected chi connectivity index (χ0v) is 10.6. The average molecular weight is 238 g/mol. The second-order valence-electron chi connectivity index (χ2n) is 4.58. The molecule has 0 saturated heterocycles. The standard InChI is InChI=1S/C14H19FO2/c1-10(2)5-4-8-17-12-6-7-13(11(3)16)14(15)9-12/h6-7,9-10H,4-5,8H2,1-3H3. The number of hydrogen-bond acceptors (Lipinski definition) is 2. The quantitative estimate of drug-likeness (QED) is 0.556. The summed E-state index contributed by atoms with van der Waals surface area (Å²) in [5.74, 6) is 0.347. The van der Waals surface area contributed by atoms with Crippen molar-refractivity contribution in [3.05, 3.63) is 29.6 Å². The molecule has 0 aliphatic rings. The highest BCUT2D eigenvalue weighted by Gasteiger charge is 2.08. The smallest absolute Gasteiger partial charge is 0.162 e. The second-order valence-corrected chi connectivity index (χ2v) is 4.58. The molecule has 1 aromatic rings. The summed E-state index contributed by atoms with van der Waals surface area (Å²) in [6.07, 6.45) is 2.04. The van der Waals surface area contributed by atoms with Gasteiger partial charge in [-0.2, -0.15) is 0 Å². The van der Waals surface area contributed by atoms with Gasteiger partial charge in [0.1, 0.15) is 11.6 Å². The van der Waals surface area contributed by atoms with Gasteiger partial charge in [-0.05, 0) is 37.8 Å². The molecule has 17 heavy (non-hydrogen) atoms. The molecule has 0 aromatic heterocycles. The Labute approximate surface area is 102 Å². The van der Waals surface area contributed by atoms with E-state index in [9.17, 15) is 9.18 Å². The summed E-state index contributed by atoms with van der Waals surface area (Å²) < 4.78 is 18.9. The maximum atomic E-state index is 13.4. The van der Waals surface area contributed by atoms with E-state index in [1.165, 1.54) is 19.1 Å². The third-order valence-corrected chi connectivity index (χ3v) is 2.51. The van der Waals surface area contributed by atoms with Gasteiger partial charge in [0, 0.05) is 6.07 Å². The minimum Gasteiger partial charge on any atom is -0.493 e. The van der Waals surface area contributed by atoms with Crippen molar-refractivity contribution in [2.24, 2.45) is 5.92 Å². The number of hydrogen-bond donors (Lipinski definition) is 0. The van der Waals surface area contributed by atoms with Crippen molar-refractivity contribution in [3.8, 4) is 5.75 Å². The van der Waals surface area contributed by atoms with E-state index in [0.717, 1.165) is 12.8 Å². The Morgan fingerprint density at radius 1 is 1.41 bits per heavy atom. The first-order chi connectivity index (χ1) is 8.00. The number of halogens is 1. The lowest BCUT2D eigenvalue weighted by atomic mass is 10.1. The van der Waals surface area contributed by atoms with Gasteiger partial charge in [-0.3, -0.25) is 4.79 Å². The molecule has 0 bridgehead atoms. The summed E-state index contributed by atoms with van der Waals surface area (Å²) in [5.41, 5.74) is 0.111. The van der Waals surface area contributed by atoms with Crippen molar-refractivity contribution in [2.45, 2.75) is 33.6 Å². The van der Waals surface area contributed by atoms with Gasteiger partial charge in [0.25, 0.3) is 0 Å². The molecule has 0 unspecified atom stereocenters. The Balaban J connectivity index is 2.50. The summed E-state index contributed by atoms with van der Waals surface area (Å²) in [4.78, 5) is 11.0. The molecule has 2 nitrogen and oxygen atoms in total. The summed E-state index contributed by atoms with van der Waals surface area (Å²) in [7, 11) is 0. The van der Waals surface area contributed by atoms with Gasteiger partial charge in [-0.15, -0.1) is 0 Å². The van der Waals surface area contributed by atoms with E-state index < -0.39 is 5.82 Å². The maximum Gasteiger partial charge on any atom is 0.162 e. The molecule has 0 aliphatic carbocycles. The second kappa shape index (κ2) is 6.38. The molecule has 0 N–H and O–H groups in total. The van der Waals surface area contributed by atoms with E-state index in [-0.39, 0.29) is 11.3 Å². The Morgan fingerprint density at radius 3 is 2.65 bits per heavy atom. The third-order valence-electron chi connectivity index (χ3n) is 2.51. The van der Waals surface area contributed by atoms with Gasteiger partial charge in [0.2, 0.25) is 0 Å². The predicted octanol–water partition coefficient (Wildman–Crippen LogP) is 3.84. The number of carbonyl (C=O) groups excluding carboxylic acids is 1. The normalized spacial score (nSPS) is 10.6. The molecule has 0 radical (unpaired) electrons. The average Bonchev–Trinajstić information content (AvgIpc) is 2.23. The highest BCUT2D eigenvalue weighted by molar-refractivity contribution is 5.94. The fraction of sp³-hybridized carbons (Fsp3) is 0.500. The molecule has 0 saturated carbocycles. The molecule has 0 fully saturated rings. The van der Waals surface area contributed by atoms with Crippen LogP contribution < -0.4 is 4.74 Å². The summed E-state index contributed by atoms with van der Waals surface area (Å²) in [6.45, 7) is 6.24. The van der Waals surface area contributed by atoms with E-state index in [2.05, 4.69) is 13.8 Å². The van der Waals surface area contributed by atoms with Crippen LogP contribution in [0.5, 0.6) is 5.75 Å². The third kappa shape index (κ3) is 4.55. The summed E-state index contributed by atoms with van der Waals surface area (Å²) in [6, 6.07) is 4.37. The molecule has 0 heterocycles. The Kier molecular flexibility index (Phi) is 5.13. The summed E-state index contributed by atoms with van der Waals surface area (Å²) >= 11 is 0. The molecule has 0 spiro atoms. The minimum atomic E-state index is -0.515. The van der Waals surface area contributed by atoms with Crippen molar-refractivity contribution in [1.29, 1.82) is 0 Å². The van der Waals surface area contributed by atoms with Gasteiger partial charge in [-0.25, -0.2) is 4.39 Å². The molecule has 1 rings (SSSR count). The number of carbonyl (C=O) groups is 1. The van der Waals surface area contributed by atoms with Crippen LogP contribution in [0, 0.1) is 11.7 Å². The lowest BCUT2D eigenvalue weighted by Crippen LogP contribution is -2.02. The van der Waals surface area contributed by atoms with E-state index in [4.69, 9.17) is 4.74 Å². The first-order valence-corrected chi connectivity index (χ1v) is 5.94. The van der Waals surface area contributed by atoms with E-state index in [1.807, 2.05) is 0 Å². The molecule has 0 atom stereocenters. The van der Waals surface area contributed by atoms with Crippen LogP contribution in [0.25, 0.3) is 0 Å². The van der Waals surface area contributed by atoms with Crippen molar-refractivity contribution < 1.29 is 13.9 Å². The lowest BCUT2D eigenvalue weighted by Gasteiger charge is -2.08. The first-order valence-electron chi connectivity index (χ1n) is 5.94. The van der Waals surface area contributed by atoms with Gasteiger partial charge in [0.05, 0.1) is 12.2 Å². The Morgan fingerprint density at radius 2 is 2.12 bits per heavy atom. The topological polar surface area (TPSA) is 26.3 Å². The largest absolute Gasteiger partial charge is 0.493 e. The van der Waals surface area contributed by atoms with Gasteiger partial charge in [-0.1, -0.05) is 13.8 Å². The maximum absolute atomic E-state index is 13.4. The predicted molar refractivity (Wildman–Crippen MR) is 66.0 cm³/mol. The fourth-order valence-electron chi connectivity index (χ4n) is 1.55. The molecular weight excluding hydrogens is 219 g/mol. The van der Waals surface area contributed by atoms with Crippen molar-refractivity contribution in [2.75, 3.05) is 6.61 Å². The molecule has 94 valence electrons. The first kappa shape index (κ1) is 13.7. The van der Waals surface area contributed by atoms with E-state index in [0.29, 0.717) is 18.3 Å². The van der Waals surface area contributed by atoms with Crippen LogP contribution >= 0.6 is 0 Å². The molecule has 0 amide bonds. The highest BCUT2D eigenvalue weighted by Crippen LogP contribution is 2.17. The molecule has 1 aromatic carbocycles. The zero-order valence-electron chi connectivity index (χ0n) is 10.6. The lowest BCUT2D eigenvalue weighted by molar-refractivity contribution is 0.101. The van der Waals surface area contributed by atoms with Gasteiger partial charge < -0.3 is 4.74 Å². The van der Waals surface area contributed by atoms with Crippen LogP contribution in [0.2, 0.25) is 0 Å². The number of ketones is 1. The highest BCUT2D eigenvalue weighted by atomic mass is 19.1. The zero-order chi connectivity index (χ0) is 12.8. The Bertz CT molecular complexity index is 386. The van der Waals surface area contributed by atoms with E-state index >= 15 is 0 Å². The number of Topliss-reactive ketones (excluding diaryl/α,β-unsaturated/α-hetero) is 1.